The lowest BCUT2D eigenvalue weighted by Crippen LogP contribution is -2.14. The Balaban J connectivity index is 2.26. The van der Waals surface area contributed by atoms with Gasteiger partial charge < -0.3 is 19.8 Å². The first-order chi connectivity index (χ1) is 9.67. The molecule has 2 aromatic rings. The van der Waals surface area contributed by atoms with Crippen molar-refractivity contribution >= 4 is 17.4 Å². The lowest BCUT2D eigenvalue weighted by atomic mass is 10.2. The van der Waals surface area contributed by atoms with Gasteiger partial charge in [0.05, 0.1) is 20.5 Å². The molecule has 0 fully saturated rings. The van der Waals surface area contributed by atoms with E-state index in [4.69, 9.17) is 21.1 Å². The zero-order chi connectivity index (χ0) is 14.5. The molecule has 20 heavy (non-hydrogen) atoms. The van der Waals surface area contributed by atoms with Crippen LogP contribution in [0.2, 0.25) is 5.02 Å². The Hall–Kier alpha value is -2.21. The standard InChI is InChI=1S/C13H14ClN3O3/c1-19-10-5-3-4-9(14)8(10)6-15-12-11(20-2)13(18)17-7-16-12/h3-5,7H,6H2,1-2H3,(H2,15,16,17,18). The minimum absolute atomic E-state index is 0.124. The molecule has 0 radical (unpaired) electrons. The van der Waals surface area contributed by atoms with Crippen LogP contribution in [-0.2, 0) is 6.54 Å². The second-order valence-corrected chi connectivity index (χ2v) is 4.29. The van der Waals surface area contributed by atoms with Crippen LogP contribution in [0, 0.1) is 0 Å². The SMILES string of the molecule is COc1cccc(Cl)c1CNc1nc[nH]c(=O)c1OC. The quantitative estimate of drug-likeness (QED) is 0.883. The van der Waals surface area contributed by atoms with E-state index in [0.717, 1.165) is 5.56 Å². The largest absolute Gasteiger partial charge is 0.496 e. The van der Waals surface area contributed by atoms with E-state index < -0.39 is 0 Å². The Bertz CT molecular complexity index is 658. The summed E-state index contributed by atoms with van der Waals surface area (Å²) in [6.07, 6.45) is 1.30. The average molecular weight is 296 g/mol. The van der Waals surface area contributed by atoms with Gasteiger partial charge in [-0.2, -0.15) is 0 Å². The summed E-state index contributed by atoms with van der Waals surface area (Å²) in [5.41, 5.74) is 0.428. The lowest BCUT2D eigenvalue weighted by molar-refractivity contribution is 0.406. The number of anilines is 1. The van der Waals surface area contributed by atoms with Crippen LogP contribution in [0.5, 0.6) is 11.5 Å². The third kappa shape index (κ3) is 2.85. The van der Waals surface area contributed by atoms with Gasteiger partial charge in [-0.05, 0) is 12.1 Å². The van der Waals surface area contributed by atoms with Gasteiger partial charge in [0, 0.05) is 17.1 Å². The van der Waals surface area contributed by atoms with Crippen LogP contribution in [0.3, 0.4) is 0 Å². The maximum absolute atomic E-state index is 11.6. The smallest absolute Gasteiger partial charge is 0.295 e. The molecule has 0 atom stereocenters. The summed E-state index contributed by atoms with van der Waals surface area (Å²) in [5, 5.41) is 3.59. The van der Waals surface area contributed by atoms with Crippen molar-refractivity contribution in [1.82, 2.24) is 9.97 Å². The van der Waals surface area contributed by atoms with E-state index >= 15 is 0 Å². The van der Waals surface area contributed by atoms with Crippen molar-refractivity contribution in [3.63, 3.8) is 0 Å². The van der Waals surface area contributed by atoms with Gasteiger partial charge in [0.2, 0.25) is 5.75 Å². The number of H-pyrrole nitrogens is 1. The van der Waals surface area contributed by atoms with Crippen molar-refractivity contribution in [2.75, 3.05) is 19.5 Å². The van der Waals surface area contributed by atoms with E-state index in [0.29, 0.717) is 23.1 Å². The summed E-state index contributed by atoms with van der Waals surface area (Å²) in [6, 6.07) is 5.38. The normalized spacial score (nSPS) is 10.2. The van der Waals surface area contributed by atoms with Gasteiger partial charge in [0.1, 0.15) is 5.75 Å². The van der Waals surface area contributed by atoms with Crippen molar-refractivity contribution in [3.05, 3.63) is 45.5 Å². The molecule has 0 aliphatic rings. The molecule has 106 valence electrons. The first-order valence-electron chi connectivity index (χ1n) is 5.84. The maximum Gasteiger partial charge on any atom is 0.295 e. The highest BCUT2D eigenvalue weighted by Crippen LogP contribution is 2.27. The number of aromatic nitrogens is 2. The van der Waals surface area contributed by atoms with Crippen molar-refractivity contribution in [1.29, 1.82) is 0 Å². The van der Waals surface area contributed by atoms with Gasteiger partial charge in [-0.1, -0.05) is 17.7 Å². The van der Waals surface area contributed by atoms with Crippen LogP contribution in [0.25, 0.3) is 0 Å². The number of hydrogen-bond acceptors (Lipinski definition) is 5. The topological polar surface area (TPSA) is 76.2 Å². The third-order valence-electron chi connectivity index (χ3n) is 2.74. The van der Waals surface area contributed by atoms with Gasteiger partial charge in [-0.25, -0.2) is 4.98 Å². The third-order valence-corrected chi connectivity index (χ3v) is 3.10. The van der Waals surface area contributed by atoms with E-state index in [-0.39, 0.29) is 11.3 Å². The zero-order valence-electron chi connectivity index (χ0n) is 11.1. The van der Waals surface area contributed by atoms with Crippen molar-refractivity contribution in [2.45, 2.75) is 6.54 Å². The van der Waals surface area contributed by atoms with E-state index in [1.54, 1.807) is 19.2 Å². The molecule has 1 aromatic heterocycles. The van der Waals surface area contributed by atoms with Crippen molar-refractivity contribution in [2.24, 2.45) is 0 Å². The Kier molecular flexibility index (Phi) is 4.47. The molecule has 2 rings (SSSR count). The van der Waals surface area contributed by atoms with Crippen LogP contribution >= 0.6 is 11.6 Å². The fourth-order valence-corrected chi connectivity index (χ4v) is 2.01. The van der Waals surface area contributed by atoms with Crippen LogP contribution in [0.1, 0.15) is 5.56 Å². The monoisotopic (exact) mass is 295 g/mol. The van der Waals surface area contributed by atoms with Crippen LogP contribution in [0.15, 0.2) is 29.3 Å². The average Bonchev–Trinajstić information content (AvgIpc) is 2.45. The van der Waals surface area contributed by atoms with Gasteiger partial charge in [0.15, 0.2) is 5.82 Å². The molecule has 0 amide bonds. The molecule has 0 unspecified atom stereocenters. The molecule has 0 aliphatic carbocycles. The summed E-state index contributed by atoms with van der Waals surface area (Å²) < 4.78 is 10.3. The number of rotatable bonds is 5. The summed E-state index contributed by atoms with van der Waals surface area (Å²) in [5.74, 6) is 1.13. The Labute approximate surface area is 120 Å². The fourth-order valence-electron chi connectivity index (χ4n) is 1.78. The summed E-state index contributed by atoms with van der Waals surface area (Å²) in [7, 11) is 2.98. The fraction of sp³-hybridized carbons (Fsp3) is 0.231. The van der Waals surface area contributed by atoms with Crippen LogP contribution < -0.4 is 20.3 Å². The number of nitrogens with zero attached hydrogens (tertiary/aromatic N) is 1. The second kappa shape index (κ2) is 6.29. The lowest BCUT2D eigenvalue weighted by Gasteiger charge is -2.12. The summed E-state index contributed by atoms with van der Waals surface area (Å²) >= 11 is 6.14. The second-order valence-electron chi connectivity index (χ2n) is 3.89. The van der Waals surface area contributed by atoms with Gasteiger partial charge in [0.25, 0.3) is 5.56 Å². The van der Waals surface area contributed by atoms with Gasteiger partial charge in [-0.15, -0.1) is 0 Å². The predicted octanol–water partition coefficient (Wildman–Crippen LogP) is 2.05. The van der Waals surface area contributed by atoms with E-state index in [1.807, 2.05) is 6.07 Å². The number of nitrogens with one attached hydrogen (secondary N) is 2. The van der Waals surface area contributed by atoms with E-state index in [1.165, 1.54) is 13.4 Å². The number of aromatic amines is 1. The minimum atomic E-state index is -0.351. The zero-order valence-corrected chi connectivity index (χ0v) is 11.8. The molecule has 1 heterocycles. The number of ether oxygens (including phenoxy) is 2. The van der Waals surface area contributed by atoms with E-state index in [9.17, 15) is 4.79 Å². The number of methoxy groups -OCH3 is 2. The van der Waals surface area contributed by atoms with Crippen molar-refractivity contribution < 1.29 is 9.47 Å². The highest BCUT2D eigenvalue weighted by atomic mass is 35.5. The van der Waals surface area contributed by atoms with Crippen molar-refractivity contribution in [3.8, 4) is 11.5 Å². The Morgan fingerprint density at radius 2 is 2.15 bits per heavy atom. The number of halogens is 1. The van der Waals surface area contributed by atoms with Gasteiger partial charge in [-0.3, -0.25) is 4.79 Å². The molecule has 6 nitrogen and oxygen atoms in total. The maximum atomic E-state index is 11.6. The molecular formula is C13H14ClN3O3. The summed E-state index contributed by atoms with van der Waals surface area (Å²) in [6.45, 7) is 0.357. The van der Waals surface area contributed by atoms with Crippen LogP contribution in [-0.4, -0.2) is 24.2 Å². The highest BCUT2D eigenvalue weighted by molar-refractivity contribution is 6.31. The minimum Gasteiger partial charge on any atom is -0.496 e. The molecule has 1 aromatic carbocycles. The molecule has 0 saturated carbocycles. The number of benzene rings is 1. The first kappa shape index (κ1) is 14.2. The van der Waals surface area contributed by atoms with E-state index in [2.05, 4.69) is 15.3 Å². The molecular weight excluding hydrogens is 282 g/mol. The highest BCUT2D eigenvalue weighted by Gasteiger charge is 2.11. The first-order valence-corrected chi connectivity index (χ1v) is 6.22. The Morgan fingerprint density at radius 1 is 1.35 bits per heavy atom. The van der Waals surface area contributed by atoms with Gasteiger partial charge >= 0.3 is 0 Å². The summed E-state index contributed by atoms with van der Waals surface area (Å²) in [4.78, 5) is 18.0. The molecule has 0 bridgehead atoms. The molecule has 0 aliphatic heterocycles. The predicted molar refractivity (Wildman–Crippen MR) is 76.7 cm³/mol. The molecule has 0 spiro atoms. The number of hydrogen-bond donors (Lipinski definition) is 2. The molecule has 0 saturated heterocycles. The molecule has 7 heteroatoms. The van der Waals surface area contributed by atoms with Crippen LogP contribution in [0.4, 0.5) is 5.82 Å². The Morgan fingerprint density at radius 3 is 2.85 bits per heavy atom. The molecule has 2 N–H and O–H groups in total.